The van der Waals surface area contributed by atoms with Crippen LogP contribution in [-0.4, -0.2) is 18.9 Å². The molecule has 0 fully saturated rings. The first-order valence-corrected chi connectivity index (χ1v) is 5.66. The molecule has 76 valence electrons. The van der Waals surface area contributed by atoms with Gasteiger partial charge in [0.2, 0.25) is 0 Å². The zero-order chi connectivity index (χ0) is 9.52. The maximum absolute atomic E-state index is 4.49. The molecule has 0 aliphatic carbocycles. The molecule has 13 heavy (non-hydrogen) atoms. The summed E-state index contributed by atoms with van der Waals surface area (Å²) in [6.07, 6.45) is 6.58. The molecule has 0 spiro atoms. The molecule has 1 unspecified atom stereocenters. The van der Waals surface area contributed by atoms with E-state index in [9.17, 15) is 0 Å². The third-order valence-corrected chi connectivity index (χ3v) is 2.74. The van der Waals surface area contributed by atoms with Crippen molar-refractivity contribution in [2.45, 2.75) is 46.0 Å². The standard InChI is InChI=1S/C11H22N2/c1-3-5-6-7-10(4-2)11-12-8-9-13-11/h10H,3-9H2,1-2H3,(H,12,13). The highest BCUT2D eigenvalue weighted by Crippen LogP contribution is 2.15. The van der Waals surface area contributed by atoms with Crippen LogP contribution in [0.2, 0.25) is 0 Å². The number of hydrogen-bond acceptors (Lipinski definition) is 2. The highest BCUT2D eigenvalue weighted by Gasteiger charge is 2.15. The Balaban J connectivity index is 2.25. The maximum Gasteiger partial charge on any atom is 0.0995 e. The van der Waals surface area contributed by atoms with E-state index in [1.807, 2.05) is 0 Å². The van der Waals surface area contributed by atoms with E-state index in [0.717, 1.165) is 13.1 Å². The Labute approximate surface area is 81.8 Å². The Morgan fingerprint density at radius 3 is 2.77 bits per heavy atom. The molecule has 0 saturated heterocycles. The minimum Gasteiger partial charge on any atom is -0.372 e. The van der Waals surface area contributed by atoms with Gasteiger partial charge in [-0.3, -0.25) is 4.99 Å². The Morgan fingerprint density at radius 1 is 1.38 bits per heavy atom. The molecule has 1 N–H and O–H groups in total. The number of amidine groups is 1. The summed E-state index contributed by atoms with van der Waals surface area (Å²) in [5, 5.41) is 3.38. The molecule has 2 nitrogen and oxygen atoms in total. The molecule has 2 heteroatoms. The largest absolute Gasteiger partial charge is 0.372 e. The molecule has 0 bridgehead atoms. The first kappa shape index (κ1) is 10.6. The highest BCUT2D eigenvalue weighted by atomic mass is 15.1. The molecule has 1 atom stereocenters. The molecule has 1 aliphatic heterocycles. The molecule has 1 rings (SSSR count). The van der Waals surface area contributed by atoms with Crippen LogP contribution in [0, 0.1) is 5.92 Å². The van der Waals surface area contributed by atoms with Gasteiger partial charge in [0.25, 0.3) is 0 Å². The summed E-state index contributed by atoms with van der Waals surface area (Å²) in [6.45, 7) is 6.56. The van der Waals surface area contributed by atoms with Gasteiger partial charge in [-0.1, -0.05) is 33.1 Å². The van der Waals surface area contributed by atoms with Crippen LogP contribution in [0.25, 0.3) is 0 Å². The van der Waals surface area contributed by atoms with Gasteiger partial charge in [0.15, 0.2) is 0 Å². The Bertz CT molecular complexity index is 163. The van der Waals surface area contributed by atoms with Crippen LogP contribution in [0.5, 0.6) is 0 Å². The second kappa shape index (κ2) is 6.01. The van der Waals surface area contributed by atoms with Gasteiger partial charge < -0.3 is 5.32 Å². The summed E-state index contributed by atoms with van der Waals surface area (Å²) in [5.41, 5.74) is 0. The van der Waals surface area contributed by atoms with Crippen molar-refractivity contribution in [1.29, 1.82) is 0 Å². The fourth-order valence-electron chi connectivity index (χ4n) is 1.86. The molecule has 0 saturated carbocycles. The van der Waals surface area contributed by atoms with E-state index in [-0.39, 0.29) is 0 Å². The predicted molar refractivity (Wildman–Crippen MR) is 58.2 cm³/mol. The Kier molecular flexibility index (Phi) is 4.87. The third kappa shape index (κ3) is 3.37. The molecule has 0 amide bonds. The van der Waals surface area contributed by atoms with Gasteiger partial charge in [-0.05, 0) is 12.8 Å². The number of aliphatic imine (C=N–C) groups is 1. The fraction of sp³-hybridized carbons (Fsp3) is 0.909. The average molecular weight is 182 g/mol. The van der Waals surface area contributed by atoms with E-state index < -0.39 is 0 Å². The quantitative estimate of drug-likeness (QED) is 0.627. The second-order valence-electron chi connectivity index (χ2n) is 3.79. The molecule has 0 radical (unpaired) electrons. The van der Waals surface area contributed by atoms with Gasteiger partial charge in [0.05, 0.1) is 12.4 Å². The fourth-order valence-corrected chi connectivity index (χ4v) is 1.86. The van der Waals surface area contributed by atoms with Crippen molar-refractivity contribution in [3.05, 3.63) is 0 Å². The van der Waals surface area contributed by atoms with E-state index in [0.29, 0.717) is 5.92 Å². The molecular weight excluding hydrogens is 160 g/mol. The third-order valence-electron chi connectivity index (χ3n) is 2.74. The first-order valence-electron chi connectivity index (χ1n) is 5.66. The number of nitrogens with one attached hydrogen (secondary N) is 1. The van der Waals surface area contributed by atoms with Crippen molar-refractivity contribution in [3.63, 3.8) is 0 Å². The van der Waals surface area contributed by atoms with E-state index in [1.165, 1.54) is 37.9 Å². The highest BCUT2D eigenvalue weighted by molar-refractivity contribution is 5.85. The van der Waals surface area contributed by atoms with Crippen LogP contribution in [0.1, 0.15) is 46.0 Å². The number of hydrogen-bond donors (Lipinski definition) is 1. The zero-order valence-electron chi connectivity index (χ0n) is 8.97. The lowest BCUT2D eigenvalue weighted by molar-refractivity contribution is 0.544. The topological polar surface area (TPSA) is 24.4 Å². The van der Waals surface area contributed by atoms with E-state index in [2.05, 4.69) is 24.2 Å². The van der Waals surface area contributed by atoms with Crippen LogP contribution >= 0.6 is 0 Å². The van der Waals surface area contributed by atoms with Crippen molar-refractivity contribution in [2.24, 2.45) is 10.9 Å². The van der Waals surface area contributed by atoms with Gasteiger partial charge in [-0.15, -0.1) is 0 Å². The van der Waals surface area contributed by atoms with Crippen molar-refractivity contribution in [1.82, 2.24) is 5.32 Å². The summed E-state index contributed by atoms with van der Waals surface area (Å²) in [4.78, 5) is 4.49. The van der Waals surface area contributed by atoms with Gasteiger partial charge in [-0.2, -0.15) is 0 Å². The Morgan fingerprint density at radius 2 is 2.23 bits per heavy atom. The van der Waals surface area contributed by atoms with Gasteiger partial charge >= 0.3 is 0 Å². The van der Waals surface area contributed by atoms with Crippen LogP contribution in [0.4, 0.5) is 0 Å². The summed E-state index contributed by atoms with van der Waals surface area (Å²) >= 11 is 0. The van der Waals surface area contributed by atoms with E-state index >= 15 is 0 Å². The number of unbranched alkanes of at least 4 members (excludes halogenated alkanes) is 2. The normalized spacial score (nSPS) is 18.2. The number of nitrogens with zero attached hydrogens (tertiary/aromatic N) is 1. The van der Waals surface area contributed by atoms with E-state index in [4.69, 9.17) is 0 Å². The summed E-state index contributed by atoms with van der Waals surface area (Å²) < 4.78 is 0. The van der Waals surface area contributed by atoms with Crippen molar-refractivity contribution in [2.75, 3.05) is 13.1 Å². The second-order valence-corrected chi connectivity index (χ2v) is 3.79. The lowest BCUT2D eigenvalue weighted by Crippen LogP contribution is -2.26. The van der Waals surface area contributed by atoms with Crippen molar-refractivity contribution >= 4 is 5.84 Å². The molecule has 0 aromatic heterocycles. The van der Waals surface area contributed by atoms with Crippen LogP contribution < -0.4 is 5.32 Å². The summed E-state index contributed by atoms with van der Waals surface area (Å²) in [6, 6.07) is 0. The predicted octanol–water partition coefficient (Wildman–Crippen LogP) is 2.59. The first-order chi connectivity index (χ1) is 6.38. The van der Waals surface area contributed by atoms with Crippen LogP contribution in [0.3, 0.4) is 0 Å². The molecular formula is C11H22N2. The summed E-state index contributed by atoms with van der Waals surface area (Å²) in [5.74, 6) is 1.98. The van der Waals surface area contributed by atoms with Gasteiger partial charge in [-0.25, -0.2) is 0 Å². The molecule has 0 aromatic rings. The van der Waals surface area contributed by atoms with Crippen molar-refractivity contribution in [3.8, 4) is 0 Å². The minimum absolute atomic E-state index is 0.703. The SMILES string of the molecule is CCCCCC(CC)C1=NCCN1. The minimum atomic E-state index is 0.703. The Hall–Kier alpha value is -0.530. The lowest BCUT2D eigenvalue weighted by Gasteiger charge is -2.14. The van der Waals surface area contributed by atoms with E-state index in [1.54, 1.807) is 0 Å². The summed E-state index contributed by atoms with van der Waals surface area (Å²) in [7, 11) is 0. The molecule has 1 aliphatic rings. The van der Waals surface area contributed by atoms with Crippen LogP contribution in [-0.2, 0) is 0 Å². The monoisotopic (exact) mass is 182 g/mol. The van der Waals surface area contributed by atoms with Gasteiger partial charge in [0, 0.05) is 12.5 Å². The average Bonchev–Trinajstić information content (AvgIpc) is 2.65. The maximum atomic E-state index is 4.49. The molecule has 1 heterocycles. The van der Waals surface area contributed by atoms with Gasteiger partial charge in [0.1, 0.15) is 0 Å². The smallest absolute Gasteiger partial charge is 0.0995 e. The molecule has 0 aromatic carbocycles. The van der Waals surface area contributed by atoms with Crippen molar-refractivity contribution < 1.29 is 0 Å². The number of rotatable bonds is 6. The zero-order valence-corrected chi connectivity index (χ0v) is 8.97. The lowest BCUT2D eigenvalue weighted by atomic mass is 9.97. The van der Waals surface area contributed by atoms with Crippen LogP contribution in [0.15, 0.2) is 4.99 Å².